The number of carbonyl (C=O) groups excluding carboxylic acids is 2. The maximum atomic E-state index is 13.9. The minimum atomic E-state index is -0.525. The predicted molar refractivity (Wildman–Crippen MR) is 135 cm³/mol. The van der Waals surface area contributed by atoms with Gasteiger partial charge in [0.15, 0.2) is 0 Å². The summed E-state index contributed by atoms with van der Waals surface area (Å²) >= 11 is 0. The molecule has 0 aromatic heterocycles. The van der Waals surface area contributed by atoms with Gasteiger partial charge >= 0.3 is 0 Å². The van der Waals surface area contributed by atoms with Crippen LogP contribution in [0.4, 0.5) is 0 Å². The number of fused-ring (bicyclic) bond motifs is 5. The zero-order valence-corrected chi connectivity index (χ0v) is 22.1. The lowest BCUT2D eigenvalue weighted by molar-refractivity contribution is -0.160. The second-order valence-electron chi connectivity index (χ2n) is 12.2. The van der Waals surface area contributed by atoms with Gasteiger partial charge in [-0.25, -0.2) is 0 Å². The number of likely N-dealkylation sites (tertiary alicyclic amines) is 1. The zero-order chi connectivity index (χ0) is 24.8. The highest BCUT2D eigenvalue weighted by atomic mass is 16.6. The zero-order valence-electron chi connectivity index (χ0n) is 22.1. The second-order valence-corrected chi connectivity index (χ2v) is 12.2. The van der Waals surface area contributed by atoms with E-state index in [1.54, 1.807) is 7.11 Å². The monoisotopic (exact) mass is 485 g/mol. The first-order valence-electron chi connectivity index (χ1n) is 13.9. The van der Waals surface area contributed by atoms with Gasteiger partial charge in [-0.15, -0.1) is 0 Å². The molecular weight excluding hydrogens is 442 g/mol. The van der Waals surface area contributed by atoms with Gasteiger partial charge in [0, 0.05) is 36.1 Å². The molecule has 4 aliphatic carbocycles. The molecule has 5 rings (SSSR count). The third-order valence-corrected chi connectivity index (χ3v) is 10.7. The molecule has 1 saturated heterocycles. The van der Waals surface area contributed by atoms with E-state index in [9.17, 15) is 9.59 Å². The molecule has 0 N–H and O–H groups in total. The maximum absolute atomic E-state index is 13.9. The Labute approximate surface area is 210 Å². The van der Waals surface area contributed by atoms with Crippen molar-refractivity contribution < 1.29 is 19.3 Å². The highest BCUT2D eigenvalue weighted by molar-refractivity contribution is 6.01. The van der Waals surface area contributed by atoms with Gasteiger partial charge in [0.2, 0.25) is 0 Å². The molecule has 7 atom stereocenters. The van der Waals surface area contributed by atoms with E-state index in [2.05, 4.69) is 29.1 Å². The van der Waals surface area contributed by atoms with Crippen molar-refractivity contribution in [3.05, 3.63) is 0 Å². The van der Waals surface area contributed by atoms with E-state index < -0.39 is 5.41 Å². The summed E-state index contributed by atoms with van der Waals surface area (Å²) in [5.74, 6) is 0.884. The summed E-state index contributed by atoms with van der Waals surface area (Å²) < 4.78 is 0. The van der Waals surface area contributed by atoms with Crippen LogP contribution in [-0.2, 0) is 19.3 Å². The Balaban J connectivity index is 1.34. The number of Topliss-reactive ketones (excluding diaryl/α,β-unsaturated/α-hetero) is 2. The van der Waals surface area contributed by atoms with Crippen molar-refractivity contribution >= 4 is 23.0 Å². The molecule has 0 aromatic carbocycles. The van der Waals surface area contributed by atoms with Crippen molar-refractivity contribution in [2.24, 2.45) is 50.7 Å². The molecule has 0 bridgehead atoms. The summed E-state index contributed by atoms with van der Waals surface area (Å²) in [6.45, 7) is 10.2. The van der Waals surface area contributed by atoms with Crippen LogP contribution in [0.3, 0.4) is 0 Å². The molecule has 1 heterocycles. The number of hydrogen-bond donors (Lipinski definition) is 0. The summed E-state index contributed by atoms with van der Waals surface area (Å²) in [5.41, 5.74) is 1.40. The molecule has 194 valence electrons. The first-order valence-corrected chi connectivity index (χ1v) is 13.9. The van der Waals surface area contributed by atoms with Crippen LogP contribution in [0.25, 0.3) is 0 Å². The highest BCUT2D eigenvalue weighted by Gasteiger charge is 2.67. The Bertz CT molecular complexity index is 910. The lowest BCUT2D eigenvalue weighted by atomic mass is 9.42. The van der Waals surface area contributed by atoms with E-state index in [0.29, 0.717) is 18.8 Å². The Morgan fingerprint density at radius 2 is 1.83 bits per heavy atom. The standard InChI is InChI=1S/C28H43N3O4/c1-18-26(33)25-20(21-8-9-24(32)28(18,21)3)17-23(30-34-4)22-16-19(10-11-27(22,25)2)29-35-15-14-31-12-6-5-7-13-31/h18,20-22,25H,5-17H2,1-4H3/b29-19+,30-23+/t18?,20?,21?,22?,25?,27-,28-/m0/s1. The van der Waals surface area contributed by atoms with Gasteiger partial charge in [-0.2, -0.15) is 0 Å². The van der Waals surface area contributed by atoms with Gasteiger partial charge in [-0.3, -0.25) is 14.5 Å². The molecule has 4 saturated carbocycles. The molecule has 0 spiro atoms. The van der Waals surface area contributed by atoms with E-state index in [4.69, 9.17) is 9.68 Å². The Hall–Kier alpha value is -1.76. The van der Waals surface area contributed by atoms with Crippen molar-refractivity contribution in [2.75, 3.05) is 33.4 Å². The largest absolute Gasteiger partial charge is 0.399 e. The molecule has 5 aliphatic rings. The van der Waals surface area contributed by atoms with Crippen LogP contribution in [0.5, 0.6) is 0 Å². The maximum Gasteiger partial charge on any atom is 0.140 e. The number of oxime groups is 2. The predicted octanol–water partition coefficient (Wildman–Crippen LogP) is 4.49. The lowest BCUT2D eigenvalue weighted by Gasteiger charge is -2.59. The van der Waals surface area contributed by atoms with Gasteiger partial charge in [-0.05, 0) is 75.3 Å². The first kappa shape index (κ1) is 24.9. The normalized spacial score (nSPS) is 44.2. The van der Waals surface area contributed by atoms with Gasteiger partial charge in [0.25, 0.3) is 0 Å². The van der Waals surface area contributed by atoms with Crippen LogP contribution in [-0.4, -0.2) is 61.2 Å². The fraction of sp³-hybridized carbons (Fsp3) is 0.857. The highest BCUT2D eigenvalue weighted by Crippen LogP contribution is 2.65. The van der Waals surface area contributed by atoms with Gasteiger partial charge in [-0.1, -0.05) is 37.5 Å². The average molecular weight is 486 g/mol. The molecule has 7 nitrogen and oxygen atoms in total. The van der Waals surface area contributed by atoms with Crippen molar-refractivity contribution in [1.82, 2.24) is 4.90 Å². The van der Waals surface area contributed by atoms with E-state index in [1.807, 2.05) is 6.92 Å². The summed E-state index contributed by atoms with van der Waals surface area (Å²) in [5, 5.41) is 9.08. The summed E-state index contributed by atoms with van der Waals surface area (Å²) in [6.07, 6.45) is 8.66. The van der Waals surface area contributed by atoms with Crippen molar-refractivity contribution in [1.29, 1.82) is 0 Å². The van der Waals surface area contributed by atoms with Crippen LogP contribution in [0.15, 0.2) is 10.3 Å². The number of nitrogens with zero attached hydrogens (tertiary/aromatic N) is 3. The number of hydrogen-bond acceptors (Lipinski definition) is 7. The van der Waals surface area contributed by atoms with Crippen LogP contribution in [0.1, 0.15) is 78.6 Å². The summed E-state index contributed by atoms with van der Waals surface area (Å²) in [7, 11) is 1.61. The van der Waals surface area contributed by atoms with Crippen molar-refractivity contribution in [3.8, 4) is 0 Å². The minimum Gasteiger partial charge on any atom is -0.399 e. The van der Waals surface area contributed by atoms with E-state index in [0.717, 1.165) is 63.2 Å². The second kappa shape index (κ2) is 9.60. The number of carbonyl (C=O) groups is 2. The van der Waals surface area contributed by atoms with Crippen molar-refractivity contribution in [2.45, 2.75) is 78.6 Å². The minimum absolute atomic E-state index is 0.0242. The fourth-order valence-electron chi connectivity index (χ4n) is 8.57. The van der Waals surface area contributed by atoms with E-state index >= 15 is 0 Å². The first-order chi connectivity index (χ1) is 16.8. The summed E-state index contributed by atoms with van der Waals surface area (Å²) in [4.78, 5) is 40.5. The number of piperidine rings is 1. The lowest BCUT2D eigenvalue weighted by Crippen LogP contribution is -2.62. The van der Waals surface area contributed by atoms with Crippen molar-refractivity contribution in [3.63, 3.8) is 0 Å². The third-order valence-electron chi connectivity index (χ3n) is 10.7. The van der Waals surface area contributed by atoms with Crippen LogP contribution in [0.2, 0.25) is 0 Å². The molecule has 1 aliphatic heterocycles. The fourth-order valence-corrected chi connectivity index (χ4v) is 8.57. The van der Waals surface area contributed by atoms with Gasteiger partial charge < -0.3 is 9.68 Å². The van der Waals surface area contributed by atoms with Crippen LogP contribution >= 0.6 is 0 Å². The molecule has 0 aromatic rings. The van der Waals surface area contributed by atoms with Crippen LogP contribution < -0.4 is 0 Å². The van der Waals surface area contributed by atoms with Gasteiger partial charge in [0.05, 0.1) is 11.4 Å². The molecule has 35 heavy (non-hydrogen) atoms. The molecule has 7 heteroatoms. The quantitative estimate of drug-likeness (QED) is 0.423. The van der Waals surface area contributed by atoms with Crippen LogP contribution in [0, 0.1) is 40.4 Å². The molecule has 0 radical (unpaired) electrons. The Kier molecular flexibility index (Phi) is 6.84. The average Bonchev–Trinajstić information content (AvgIpc) is 3.16. The Morgan fingerprint density at radius 3 is 2.57 bits per heavy atom. The summed E-state index contributed by atoms with van der Waals surface area (Å²) in [6, 6.07) is 0. The number of ketones is 2. The SMILES string of the molecule is CO/N=C1\CC2C(C(=O)C(C)[C@]3(C)C(=O)CCC23)[C@@]2(C)CC/C(=N\OCCN3CCCCC3)CC12. The van der Waals surface area contributed by atoms with Gasteiger partial charge in [0.1, 0.15) is 25.3 Å². The molecule has 0 amide bonds. The van der Waals surface area contributed by atoms with E-state index in [-0.39, 0.29) is 40.8 Å². The third kappa shape index (κ3) is 4.06. The molecular formula is C28H43N3O4. The van der Waals surface area contributed by atoms with E-state index in [1.165, 1.54) is 19.3 Å². The topological polar surface area (TPSA) is 80.6 Å². The smallest absolute Gasteiger partial charge is 0.140 e. The Morgan fingerprint density at radius 1 is 1.06 bits per heavy atom. The molecule has 5 unspecified atom stereocenters. The number of rotatable bonds is 5. The molecule has 5 fully saturated rings.